The van der Waals surface area contributed by atoms with Crippen LogP contribution in [0.25, 0.3) is 0 Å². The summed E-state index contributed by atoms with van der Waals surface area (Å²) in [5.41, 5.74) is -0.528. The number of hydroxylamine groups is 2. The number of aromatic nitrogens is 2. The third-order valence-corrected chi connectivity index (χ3v) is 5.61. The maximum atomic E-state index is 13.5. The topological polar surface area (TPSA) is 79.7 Å². The highest BCUT2D eigenvalue weighted by atomic mass is 19.4. The predicted octanol–water partition coefficient (Wildman–Crippen LogP) is 3.38. The number of urea groups is 1. The monoisotopic (exact) mass is 473 g/mol. The van der Waals surface area contributed by atoms with Crippen LogP contribution in [-0.2, 0) is 30.5 Å². The van der Waals surface area contributed by atoms with Gasteiger partial charge in [0.1, 0.15) is 24.3 Å². The minimum atomic E-state index is -4.92. The van der Waals surface area contributed by atoms with Gasteiger partial charge in [0.15, 0.2) is 0 Å². The summed E-state index contributed by atoms with van der Waals surface area (Å²) in [6.07, 6.45) is -5.54. The smallest absolute Gasteiger partial charge is 0.317 e. The third-order valence-electron chi connectivity index (χ3n) is 5.61. The standard InChI is InChI=1S/C20H20F5N5O3/c1-10-5-16-13(17-18(31)28(2)33-12(7-21)8-30(17)27-16)9-29(10)19(32)26-11-3-4-15(22)14(6-11)20(23,24)25/h3-4,6,10,12H,5,7-9H2,1-2H3,(H,26,32)/t10-,12?/m1/s1. The van der Waals surface area contributed by atoms with E-state index in [2.05, 4.69) is 10.4 Å². The van der Waals surface area contributed by atoms with E-state index < -0.39 is 48.3 Å². The van der Waals surface area contributed by atoms with Crippen LogP contribution in [0.3, 0.4) is 0 Å². The molecule has 1 aromatic carbocycles. The first-order chi connectivity index (χ1) is 15.5. The minimum Gasteiger partial charge on any atom is -0.317 e. The van der Waals surface area contributed by atoms with Crippen LogP contribution in [0.5, 0.6) is 0 Å². The summed E-state index contributed by atoms with van der Waals surface area (Å²) in [5.74, 6) is -2.00. The van der Waals surface area contributed by atoms with Crippen molar-refractivity contribution in [2.75, 3.05) is 19.0 Å². The molecule has 0 fully saturated rings. The van der Waals surface area contributed by atoms with E-state index in [1.165, 1.54) is 16.6 Å². The zero-order valence-corrected chi connectivity index (χ0v) is 17.6. The van der Waals surface area contributed by atoms with E-state index in [1.54, 1.807) is 6.92 Å². The van der Waals surface area contributed by atoms with Gasteiger partial charge >= 0.3 is 12.2 Å². The van der Waals surface area contributed by atoms with Crippen molar-refractivity contribution in [3.05, 3.63) is 46.5 Å². The largest absolute Gasteiger partial charge is 0.419 e. The minimum absolute atomic E-state index is 0.00525. The van der Waals surface area contributed by atoms with Crippen molar-refractivity contribution in [3.63, 3.8) is 0 Å². The number of hydrogen-bond donors (Lipinski definition) is 1. The summed E-state index contributed by atoms with van der Waals surface area (Å²) >= 11 is 0. The average Bonchev–Trinajstić information content (AvgIpc) is 3.02. The van der Waals surface area contributed by atoms with E-state index in [1.807, 2.05) is 0 Å². The van der Waals surface area contributed by atoms with Gasteiger partial charge in [0.25, 0.3) is 5.91 Å². The summed E-state index contributed by atoms with van der Waals surface area (Å²) < 4.78 is 67.1. The lowest BCUT2D eigenvalue weighted by atomic mass is 9.99. The summed E-state index contributed by atoms with van der Waals surface area (Å²) in [7, 11) is 1.35. The molecule has 0 bridgehead atoms. The number of fused-ring (bicyclic) bond motifs is 3. The Hall–Kier alpha value is -3.22. The Kier molecular flexibility index (Phi) is 5.76. The molecule has 33 heavy (non-hydrogen) atoms. The summed E-state index contributed by atoms with van der Waals surface area (Å²) in [6.45, 7) is 0.848. The van der Waals surface area contributed by atoms with Gasteiger partial charge in [-0.05, 0) is 25.1 Å². The first-order valence-corrected chi connectivity index (χ1v) is 10.0. The normalized spacial score (nSPS) is 20.9. The van der Waals surface area contributed by atoms with Crippen molar-refractivity contribution >= 4 is 17.6 Å². The van der Waals surface area contributed by atoms with Crippen LogP contribution in [0, 0.1) is 5.82 Å². The zero-order chi connectivity index (χ0) is 24.1. The Bertz CT molecular complexity index is 1100. The summed E-state index contributed by atoms with van der Waals surface area (Å²) in [4.78, 5) is 32.3. The molecule has 2 aromatic rings. The van der Waals surface area contributed by atoms with Crippen molar-refractivity contribution < 1.29 is 36.4 Å². The van der Waals surface area contributed by atoms with Crippen molar-refractivity contribution in [1.82, 2.24) is 19.7 Å². The molecule has 0 spiro atoms. The molecule has 0 saturated carbocycles. The van der Waals surface area contributed by atoms with Crippen LogP contribution in [0.15, 0.2) is 18.2 Å². The van der Waals surface area contributed by atoms with Gasteiger partial charge in [-0.2, -0.15) is 18.3 Å². The number of nitrogens with zero attached hydrogens (tertiary/aromatic N) is 4. The number of halogens is 5. The highest BCUT2D eigenvalue weighted by Crippen LogP contribution is 2.34. The number of alkyl halides is 4. The van der Waals surface area contributed by atoms with Crippen LogP contribution < -0.4 is 5.32 Å². The predicted molar refractivity (Wildman–Crippen MR) is 104 cm³/mol. The van der Waals surface area contributed by atoms with Crippen molar-refractivity contribution in [2.45, 2.75) is 44.8 Å². The molecule has 0 radical (unpaired) electrons. The summed E-state index contributed by atoms with van der Waals surface area (Å²) in [5, 5.41) is 7.69. The first-order valence-electron chi connectivity index (χ1n) is 10.0. The Balaban J connectivity index is 1.60. The van der Waals surface area contributed by atoms with Gasteiger partial charge in [-0.25, -0.2) is 18.6 Å². The SMILES string of the molecule is C[C@@H]1Cc2nn3c(c2CN1C(=O)Nc1ccc(F)c(C(F)(F)F)c1)C(=O)N(C)OC(CF)C3. The van der Waals surface area contributed by atoms with Gasteiger partial charge in [-0.3, -0.25) is 14.3 Å². The number of rotatable bonds is 2. The molecule has 2 aliphatic heterocycles. The Morgan fingerprint density at radius 3 is 2.73 bits per heavy atom. The molecule has 0 aliphatic carbocycles. The van der Waals surface area contributed by atoms with Gasteiger partial charge in [-0.15, -0.1) is 0 Å². The molecule has 178 valence electrons. The van der Waals surface area contributed by atoms with E-state index >= 15 is 0 Å². The molecule has 3 amide bonds. The molecule has 4 rings (SSSR count). The van der Waals surface area contributed by atoms with Gasteiger partial charge in [0, 0.05) is 30.8 Å². The molecule has 13 heteroatoms. The number of hydrogen-bond acceptors (Lipinski definition) is 4. The molecule has 2 aliphatic rings. The number of amides is 3. The molecule has 1 N–H and O–H groups in total. The number of nitrogens with one attached hydrogen (secondary N) is 1. The lowest BCUT2D eigenvalue weighted by molar-refractivity contribution is -0.152. The molecule has 1 aromatic heterocycles. The Morgan fingerprint density at radius 2 is 2.06 bits per heavy atom. The molecule has 1 unspecified atom stereocenters. The molecule has 8 nitrogen and oxygen atoms in total. The van der Waals surface area contributed by atoms with Crippen LogP contribution in [0.1, 0.15) is 34.2 Å². The Morgan fingerprint density at radius 1 is 1.33 bits per heavy atom. The van der Waals surface area contributed by atoms with E-state index in [4.69, 9.17) is 4.84 Å². The summed E-state index contributed by atoms with van der Waals surface area (Å²) in [6, 6.07) is 1.05. The van der Waals surface area contributed by atoms with E-state index in [-0.39, 0.29) is 30.9 Å². The number of anilines is 1. The van der Waals surface area contributed by atoms with Crippen molar-refractivity contribution in [3.8, 4) is 0 Å². The maximum Gasteiger partial charge on any atom is 0.419 e. The van der Waals surface area contributed by atoms with Crippen molar-refractivity contribution in [2.24, 2.45) is 0 Å². The van der Waals surface area contributed by atoms with Crippen molar-refractivity contribution in [1.29, 1.82) is 0 Å². The quantitative estimate of drug-likeness (QED) is 0.679. The molecule has 0 saturated heterocycles. The fourth-order valence-electron chi connectivity index (χ4n) is 3.98. The zero-order valence-electron chi connectivity index (χ0n) is 17.6. The number of carbonyl (C=O) groups excluding carboxylic acids is 2. The third kappa shape index (κ3) is 4.24. The lowest BCUT2D eigenvalue weighted by Crippen LogP contribution is -2.45. The Labute approximate surface area is 184 Å². The second-order valence-corrected chi connectivity index (χ2v) is 7.94. The van der Waals surface area contributed by atoms with Gasteiger partial charge in [-0.1, -0.05) is 0 Å². The van der Waals surface area contributed by atoms with Gasteiger partial charge in [0.2, 0.25) is 0 Å². The second-order valence-electron chi connectivity index (χ2n) is 7.94. The fourth-order valence-corrected chi connectivity index (χ4v) is 3.98. The highest BCUT2D eigenvalue weighted by molar-refractivity contribution is 5.94. The van der Waals surface area contributed by atoms with Crippen LogP contribution in [0.2, 0.25) is 0 Å². The van der Waals surface area contributed by atoms with Crippen LogP contribution >= 0.6 is 0 Å². The lowest BCUT2D eigenvalue weighted by Gasteiger charge is -2.33. The molecular formula is C20H20F5N5O3. The number of carbonyl (C=O) groups is 2. The maximum absolute atomic E-state index is 13.5. The molecule has 2 atom stereocenters. The fraction of sp³-hybridized carbons (Fsp3) is 0.450. The highest BCUT2D eigenvalue weighted by Gasteiger charge is 2.38. The van der Waals surface area contributed by atoms with Crippen LogP contribution in [0.4, 0.5) is 32.4 Å². The second kappa shape index (κ2) is 8.28. The molecule has 3 heterocycles. The first kappa shape index (κ1) is 23.0. The van der Waals surface area contributed by atoms with E-state index in [0.717, 1.165) is 11.1 Å². The van der Waals surface area contributed by atoms with Gasteiger partial charge < -0.3 is 10.2 Å². The molecular weight excluding hydrogens is 453 g/mol. The average molecular weight is 473 g/mol. The number of benzene rings is 1. The van der Waals surface area contributed by atoms with Crippen LogP contribution in [-0.4, -0.2) is 57.5 Å². The van der Waals surface area contributed by atoms with E-state index in [0.29, 0.717) is 23.4 Å². The van der Waals surface area contributed by atoms with Gasteiger partial charge in [0.05, 0.1) is 24.3 Å². The van der Waals surface area contributed by atoms with E-state index in [9.17, 15) is 31.5 Å².